The van der Waals surface area contributed by atoms with Crippen LogP contribution in [0.1, 0.15) is 16.7 Å². The van der Waals surface area contributed by atoms with Gasteiger partial charge in [0.05, 0.1) is 5.69 Å². The minimum absolute atomic E-state index is 0.231. The molecule has 0 heterocycles. The average Bonchev–Trinajstić information content (AvgIpc) is 2.46. The lowest BCUT2D eigenvalue weighted by atomic mass is 10.1. The first kappa shape index (κ1) is 13.9. The molecule has 0 unspecified atom stereocenters. The maximum absolute atomic E-state index is 11.9. The Kier molecular flexibility index (Phi) is 4.25. The number of nitrogens with two attached hydrogens (primary N) is 1. The van der Waals surface area contributed by atoms with Crippen molar-refractivity contribution >= 4 is 17.4 Å². The van der Waals surface area contributed by atoms with Gasteiger partial charge < -0.3 is 16.4 Å². The molecule has 0 aliphatic heterocycles. The summed E-state index contributed by atoms with van der Waals surface area (Å²) < 4.78 is 0. The molecule has 0 saturated heterocycles. The predicted molar refractivity (Wildman–Crippen MR) is 82.6 cm³/mol. The zero-order chi connectivity index (χ0) is 14.5. The highest BCUT2D eigenvalue weighted by atomic mass is 16.2. The van der Waals surface area contributed by atoms with Crippen molar-refractivity contribution in [1.82, 2.24) is 5.32 Å². The van der Waals surface area contributed by atoms with Gasteiger partial charge in [-0.3, -0.25) is 0 Å². The number of nitrogens with one attached hydrogen (secondary N) is 2. The van der Waals surface area contributed by atoms with E-state index < -0.39 is 0 Å². The van der Waals surface area contributed by atoms with E-state index in [1.54, 1.807) is 0 Å². The zero-order valence-electron chi connectivity index (χ0n) is 11.7. The number of benzene rings is 2. The molecule has 0 aliphatic carbocycles. The SMILES string of the molecule is Cc1ccc(N)c(C)c1NC(=O)NCc1ccccc1. The van der Waals surface area contributed by atoms with Gasteiger partial charge in [-0.1, -0.05) is 36.4 Å². The van der Waals surface area contributed by atoms with Crippen LogP contribution in [0.4, 0.5) is 16.2 Å². The molecule has 2 amide bonds. The summed E-state index contributed by atoms with van der Waals surface area (Å²) in [6.45, 7) is 4.33. The maximum atomic E-state index is 11.9. The van der Waals surface area contributed by atoms with E-state index in [2.05, 4.69) is 10.6 Å². The molecular weight excluding hydrogens is 250 g/mol. The molecule has 0 saturated carbocycles. The summed E-state index contributed by atoms with van der Waals surface area (Å²) in [5, 5.41) is 5.69. The lowest BCUT2D eigenvalue weighted by Crippen LogP contribution is -2.28. The van der Waals surface area contributed by atoms with Gasteiger partial charge in [0.1, 0.15) is 0 Å². The van der Waals surface area contributed by atoms with E-state index in [9.17, 15) is 4.79 Å². The third-order valence-corrected chi connectivity index (χ3v) is 3.25. The highest BCUT2D eigenvalue weighted by Crippen LogP contribution is 2.24. The minimum atomic E-state index is -0.231. The Bertz CT molecular complexity index is 609. The largest absolute Gasteiger partial charge is 0.398 e. The van der Waals surface area contributed by atoms with Crippen molar-refractivity contribution in [2.24, 2.45) is 0 Å². The summed E-state index contributed by atoms with van der Waals surface area (Å²) in [5.41, 5.74) is 10.2. The van der Waals surface area contributed by atoms with E-state index in [1.165, 1.54) is 0 Å². The molecule has 0 atom stereocenters. The second kappa shape index (κ2) is 6.10. The van der Waals surface area contributed by atoms with Crippen LogP contribution in [0.3, 0.4) is 0 Å². The Hall–Kier alpha value is -2.49. The van der Waals surface area contributed by atoms with E-state index in [0.717, 1.165) is 22.4 Å². The second-order valence-corrected chi connectivity index (χ2v) is 4.76. The molecule has 4 nitrogen and oxygen atoms in total. The molecule has 0 aliphatic rings. The number of urea groups is 1. The fourth-order valence-electron chi connectivity index (χ4n) is 1.99. The van der Waals surface area contributed by atoms with E-state index >= 15 is 0 Å². The highest BCUT2D eigenvalue weighted by molar-refractivity contribution is 5.92. The molecule has 2 aromatic rings. The van der Waals surface area contributed by atoms with Gasteiger partial charge in [0, 0.05) is 12.2 Å². The molecule has 0 radical (unpaired) electrons. The van der Waals surface area contributed by atoms with Crippen molar-refractivity contribution < 1.29 is 4.79 Å². The van der Waals surface area contributed by atoms with Gasteiger partial charge in [0.25, 0.3) is 0 Å². The molecule has 4 N–H and O–H groups in total. The maximum Gasteiger partial charge on any atom is 0.319 e. The van der Waals surface area contributed by atoms with Gasteiger partial charge in [-0.25, -0.2) is 4.79 Å². The molecule has 2 aromatic carbocycles. The number of anilines is 2. The summed E-state index contributed by atoms with van der Waals surface area (Å²) in [6.07, 6.45) is 0. The van der Waals surface area contributed by atoms with E-state index in [-0.39, 0.29) is 6.03 Å². The number of amides is 2. The number of hydrogen-bond acceptors (Lipinski definition) is 2. The zero-order valence-corrected chi connectivity index (χ0v) is 11.7. The molecule has 4 heteroatoms. The number of nitrogen functional groups attached to an aromatic ring is 1. The van der Waals surface area contributed by atoms with Gasteiger partial charge >= 0.3 is 6.03 Å². The number of carbonyl (C=O) groups is 1. The van der Waals surface area contributed by atoms with Crippen LogP contribution in [0.5, 0.6) is 0 Å². The number of hydrogen-bond donors (Lipinski definition) is 3. The summed E-state index contributed by atoms with van der Waals surface area (Å²) in [4.78, 5) is 11.9. The van der Waals surface area contributed by atoms with Gasteiger partial charge in [-0.2, -0.15) is 0 Å². The Balaban J connectivity index is 2.00. The quantitative estimate of drug-likeness (QED) is 0.749. The Labute approximate surface area is 119 Å². The first-order valence-electron chi connectivity index (χ1n) is 6.52. The van der Waals surface area contributed by atoms with Gasteiger partial charge in [-0.05, 0) is 36.6 Å². The fraction of sp³-hybridized carbons (Fsp3) is 0.188. The first-order chi connectivity index (χ1) is 9.58. The Morgan fingerprint density at radius 1 is 1.10 bits per heavy atom. The van der Waals surface area contributed by atoms with Crippen molar-refractivity contribution in [1.29, 1.82) is 0 Å². The summed E-state index contributed by atoms with van der Waals surface area (Å²) in [6, 6.07) is 13.3. The average molecular weight is 269 g/mol. The van der Waals surface area contributed by atoms with Gasteiger partial charge in [-0.15, -0.1) is 0 Å². The smallest absolute Gasteiger partial charge is 0.319 e. The van der Waals surface area contributed by atoms with Gasteiger partial charge in [0.2, 0.25) is 0 Å². The van der Waals surface area contributed by atoms with E-state index in [4.69, 9.17) is 5.73 Å². The molecule has 104 valence electrons. The van der Waals surface area contributed by atoms with Crippen LogP contribution in [-0.2, 0) is 6.54 Å². The van der Waals surface area contributed by atoms with Gasteiger partial charge in [0.15, 0.2) is 0 Å². The highest BCUT2D eigenvalue weighted by Gasteiger charge is 2.09. The van der Waals surface area contributed by atoms with Crippen LogP contribution >= 0.6 is 0 Å². The van der Waals surface area contributed by atoms with E-state index in [0.29, 0.717) is 12.2 Å². The molecule has 0 bridgehead atoms. The topological polar surface area (TPSA) is 67.1 Å². The lowest BCUT2D eigenvalue weighted by molar-refractivity contribution is 0.251. The van der Waals surface area contributed by atoms with Crippen molar-refractivity contribution in [3.05, 3.63) is 59.2 Å². The molecule has 2 rings (SSSR count). The molecule has 0 fully saturated rings. The van der Waals surface area contributed by atoms with Crippen LogP contribution in [0.25, 0.3) is 0 Å². The number of rotatable bonds is 3. The van der Waals surface area contributed by atoms with Crippen molar-refractivity contribution in [2.45, 2.75) is 20.4 Å². The van der Waals surface area contributed by atoms with Crippen molar-refractivity contribution in [3.8, 4) is 0 Å². The predicted octanol–water partition coefficient (Wildman–Crippen LogP) is 3.21. The lowest BCUT2D eigenvalue weighted by Gasteiger charge is -2.14. The third kappa shape index (κ3) is 3.29. The van der Waals surface area contributed by atoms with Crippen LogP contribution < -0.4 is 16.4 Å². The van der Waals surface area contributed by atoms with Crippen molar-refractivity contribution in [3.63, 3.8) is 0 Å². The molecule has 0 aromatic heterocycles. The van der Waals surface area contributed by atoms with E-state index in [1.807, 2.05) is 56.3 Å². The third-order valence-electron chi connectivity index (χ3n) is 3.25. The van der Waals surface area contributed by atoms with Crippen LogP contribution in [0.15, 0.2) is 42.5 Å². The molecule has 20 heavy (non-hydrogen) atoms. The van der Waals surface area contributed by atoms with Crippen LogP contribution in [0, 0.1) is 13.8 Å². The monoisotopic (exact) mass is 269 g/mol. The fourth-order valence-corrected chi connectivity index (χ4v) is 1.99. The Morgan fingerprint density at radius 3 is 2.50 bits per heavy atom. The number of aryl methyl sites for hydroxylation is 1. The summed E-state index contributed by atoms with van der Waals surface area (Å²) >= 11 is 0. The second-order valence-electron chi connectivity index (χ2n) is 4.76. The minimum Gasteiger partial charge on any atom is -0.398 e. The van der Waals surface area contributed by atoms with Crippen LogP contribution in [-0.4, -0.2) is 6.03 Å². The summed E-state index contributed by atoms with van der Waals surface area (Å²) in [5.74, 6) is 0. The molecular formula is C16H19N3O. The molecule has 0 spiro atoms. The first-order valence-corrected chi connectivity index (χ1v) is 6.52. The van der Waals surface area contributed by atoms with Crippen molar-refractivity contribution in [2.75, 3.05) is 11.1 Å². The number of carbonyl (C=O) groups excluding carboxylic acids is 1. The normalized spacial score (nSPS) is 10.1. The standard InChI is InChI=1S/C16H19N3O/c1-11-8-9-14(17)12(2)15(11)19-16(20)18-10-13-6-4-3-5-7-13/h3-9H,10,17H2,1-2H3,(H2,18,19,20). The van der Waals surface area contributed by atoms with Crippen LogP contribution in [0.2, 0.25) is 0 Å². The summed E-state index contributed by atoms with van der Waals surface area (Å²) in [7, 11) is 0. The Morgan fingerprint density at radius 2 is 1.80 bits per heavy atom.